The molecule has 76 valence electrons. The summed E-state index contributed by atoms with van der Waals surface area (Å²) in [4.78, 5) is 10.9. The van der Waals surface area contributed by atoms with E-state index in [1.807, 2.05) is 0 Å². The summed E-state index contributed by atoms with van der Waals surface area (Å²) in [6.45, 7) is 8.47. The molecule has 0 amide bonds. The molecule has 1 heterocycles. The van der Waals surface area contributed by atoms with Gasteiger partial charge in [0.25, 0.3) is 0 Å². The van der Waals surface area contributed by atoms with Gasteiger partial charge in [0, 0.05) is 23.7 Å². The molecule has 0 N–H and O–H groups in total. The Hall–Kier alpha value is -0.960. The second-order valence-corrected chi connectivity index (χ2v) is 4.24. The van der Waals surface area contributed by atoms with Gasteiger partial charge in [-0.1, -0.05) is 18.3 Å². The molecule has 0 radical (unpaired) electrons. The molecule has 1 aromatic rings. The van der Waals surface area contributed by atoms with E-state index in [-0.39, 0.29) is 5.12 Å². The zero-order valence-corrected chi connectivity index (χ0v) is 9.43. The first-order valence-electron chi connectivity index (χ1n) is 4.57. The largest absolute Gasteiger partial charge is 0.348 e. The van der Waals surface area contributed by atoms with Gasteiger partial charge in [-0.2, -0.15) is 0 Å². The third-order valence-corrected chi connectivity index (χ3v) is 2.98. The van der Waals surface area contributed by atoms with Gasteiger partial charge in [0.15, 0.2) is 0 Å². The summed E-state index contributed by atoms with van der Waals surface area (Å²) in [6.07, 6.45) is 1.36. The van der Waals surface area contributed by atoms with Gasteiger partial charge in [-0.25, -0.2) is 0 Å². The number of rotatable bonds is 4. The van der Waals surface area contributed by atoms with E-state index in [1.165, 1.54) is 29.2 Å². The van der Waals surface area contributed by atoms with E-state index in [4.69, 9.17) is 0 Å². The highest BCUT2D eigenvalue weighted by atomic mass is 32.2. The van der Waals surface area contributed by atoms with E-state index in [9.17, 15) is 4.79 Å². The lowest BCUT2D eigenvalue weighted by Gasteiger charge is -2.07. The highest BCUT2D eigenvalue weighted by Gasteiger charge is 2.01. The van der Waals surface area contributed by atoms with Crippen molar-refractivity contribution in [2.45, 2.75) is 20.4 Å². The number of carbonyl (C=O) groups is 1. The van der Waals surface area contributed by atoms with E-state index in [2.05, 4.69) is 37.1 Å². The maximum Gasteiger partial charge on any atom is 0.211 e. The summed E-state index contributed by atoms with van der Waals surface area (Å²) in [5, 5.41) is 0.0486. The predicted octanol–water partition coefficient (Wildman–Crippen LogP) is 2.55. The van der Waals surface area contributed by atoms with Crippen molar-refractivity contribution in [3.63, 3.8) is 0 Å². The third-order valence-electron chi connectivity index (χ3n) is 2.14. The van der Waals surface area contributed by atoms with Crippen LogP contribution in [0.15, 0.2) is 24.8 Å². The molecule has 14 heavy (non-hydrogen) atoms. The van der Waals surface area contributed by atoms with Gasteiger partial charge in [0.05, 0.1) is 0 Å². The van der Waals surface area contributed by atoms with E-state index >= 15 is 0 Å². The zero-order valence-electron chi connectivity index (χ0n) is 8.62. The number of nitrogens with zero attached hydrogens (tertiary/aromatic N) is 1. The Labute approximate surface area is 89.0 Å². The number of aromatic nitrogens is 1. The number of hydrogen-bond donors (Lipinski definition) is 0. The summed E-state index contributed by atoms with van der Waals surface area (Å²) in [6, 6.07) is 4.19. The van der Waals surface area contributed by atoms with Gasteiger partial charge < -0.3 is 4.57 Å². The van der Waals surface area contributed by atoms with Crippen molar-refractivity contribution in [1.82, 2.24) is 4.57 Å². The van der Waals surface area contributed by atoms with Crippen molar-refractivity contribution in [3.8, 4) is 0 Å². The fourth-order valence-electron chi connectivity index (χ4n) is 1.35. The van der Waals surface area contributed by atoms with Crippen LogP contribution in [0, 0.1) is 13.8 Å². The maximum absolute atomic E-state index is 10.9. The molecule has 0 atom stereocenters. The van der Waals surface area contributed by atoms with Crippen LogP contribution in [0.4, 0.5) is 0 Å². The van der Waals surface area contributed by atoms with Crippen LogP contribution < -0.4 is 0 Å². The summed E-state index contributed by atoms with van der Waals surface area (Å²) in [7, 11) is 0. The van der Waals surface area contributed by atoms with Crippen LogP contribution in [0.3, 0.4) is 0 Å². The average Bonchev–Trinajstić information content (AvgIpc) is 2.48. The van der Waals surface area contributed by atoms with Crippen molar-refractivity contribution in [3.05, 3.63) is 36.2 Å². The Morgan fingerprint density at radius 2 is 2.07 bits per heavy atom. The first-order valence-corrected chi connectivity index (χ1v) is 5.55. The lowest BCUT2D eigenvalue weighted by Crippen LogP contribution is -2.05. The van der Waals surface area contributed by atoms with Gasteiger partial charge in [0.1, 0.15) is 0 Å². The van der Waals surface area contributed by atoms with Gasteiger partial charge in [0.2, 0.25) is 5.12 Å². The molecule has 0 bridgehead atoms. The Kier molecular flexibility index (Phi) is 4.01. The maximum atomic E-state index is 10.9. The Morgan fingerprint density at radius 1 is 1.50 bits per heavy atom. The fourth-order valence-corrected chi connectivity index (χ4v) is 1.94. The number of aryl methyl sites for hydroxylation is 2. The standard InChI is InChI=1S/C11H15NOS/c1-4-11(13)14-8-7-12-9(2)5-6-10(12)3/h4-6H,1,7-8H2,2-3H3. The number of thioether (sulfide) groups is 1. The first kappa shape index (κ1) is 11.1. The van der Waals surface area contributed by atoms with E-state index in [1.54, 1.807) is 0 Å². The predicted molar refractivity (Wildman–Crippen MR) is 61.6 cm³/mol. The molecule has 0 unspecified atom stereocenters. The minimum Gasteiger partial charge on any atom is -0.348 e. The smallest absolute Gasteiger partial charge is 0.211 e. The van der Waals surface area contributed by atoms with Crippen molar-refractivity contribution in [1.29, 1.82) is 0 Å². The molecule has 0 saturated carbocycles. The van der Waals surface area contributed by atoms with E-state index < -0.39 is 0 Å². The van der Waals surface area contributed by atoms with Gasteiger partial charge in [-0.05, 0) is 32.1 Å². The zero-order chi connectivity index (χ0) is 10.6. The van der Waals surface area contributed by atoms with Crippen molar-refractivity contribution in [2.75, 3.05) is 5.75 Å². The summed E-state index contributed by atoms with van der Waals surface area (Å²) in [5.74, 6) is 0.807. The van der Waals surface area contributed by atoms with Crippen LogP contribution in [-0.2, 0) is 11.3 Å². The molecule has 0 spiro atoms. The molecule has 1 aromatic heterocycles. The minimum atomic E-state index is 0.0486. The summed E-state index contributed by atoms with van der Waals surface area (Å²) in [5.41, 5.74) is 2.49. The molecule has 0 aromatic carbocycles. The van der Waals surface area contributed by atoms with Crippen LogP contribution in [-0.4, -0.2) is 15.4 Å². The van der Waals surface area contributed by atoms with Crippen molar-refractivity contribution in [2.24, 2.45) is 0 Å². The summed E-state index contributed by atoms with van der Waals surface area (Å²) < 4.78 is 2.21. The summed E-state index contributed by atoms with van der Waals surface area (Å²) >= 11 is 1.31. The first-order chi connectivity index (χ1) is 6.65. The van der Waals surface area contributed by atoms with Gasteiger partial charge in [-0.3, -0.25) is 4.79 Å². The molecule has 1 rings (SSSR count). The second kappa shape index (κ2) is 5.05. The molecule has 0 aliphatic heterocycles. The Bertz CT molecular complexity index is 322. The van der Waals surface area contributed by atoms with Crippen molar-refractivity contribution < 1.29 is 4.79 Å². The number of hydrogen-bond acceptors (Lipinski definition) is 2. The quantitative estimate of drug-likeness (QED) is 0.711. The Morgan fingerprint density at radius 3 is 2.57 bits per heavy atom. The average molecular weight is 209 g/mol. The van der Waals surface area contributed by atoms with Crippen LogP contribution >= 0.6 is 11.8 Å². The van der Waals surface area contributed by atoms with Crippen LogP contribution in [0.5, 0.6) is 0 Å². The number of carbonyl (C=O) groups excluding carboxylic acids is 1. The van der Waals surface area contributed by atoms with E-state index in [0.29, 0.717) is 0 Å². The molecule has 2 nitrogen and oxygen atoms in total. The minimum absolute atomic E-state index is 0.0486. The second-order valence-electron chi connectivity index (χ2n) is 3.14. The molecule has 3 heteroatoms. The molecule has 0 fully saturated rings. The highest BCUT2D eigenvalue weighted by Crippen LogP contribution is 2.10. The lowest BCUT2D eigenvalue weighted by atomic mass is 10.5. The van der Waals surface area contributed by atoms with Crippen LogP contribution in [0.1, 0.15) is 11.4 Å². The van der Waals surface area contributed by atoms with Crippen LogP contribution in [0.25, 0.3) is 0 Å². The van der Waals surface area contributed by atoms with Crippen LogP contribution in [0.2, 0.25) is 0 Å². The van der Waals surface area contributed by atoms with Gasteiger partial charge in [-0.15, -0.1) is 0 Å². The lowest BCUT2D eigenvalue weighted by molar-refractivity contribution is -0.107. The molecule has 0 saturated heterocycles. The topological polar surface area (TPSA) is 22.0 Å². The van der Waals surface area contributed by atoms with Crippen molar-refractivity contribution >= 4 is 16.9 Å². The molecule has 0 aliphatic rings. The van der Waals surface area contributed by atoms with Gasteiger partial charge >= 0.3 is 0 Å². The Balaban J connectivity index is 2.46. The molecular weight excluding hydrogens is 194 g/mol. The SMILES string of the molecule is C=CC(=O)SCCn1c(C)ccc1C. The molecule has 0 aliphatic carbocycles. The normalized spacial score (nSPS) is 10.1. The fraction of sp³-hybridized carbons (Fsp3) is 0.364. The highest BCUT2D eigenvalue weighted by molar-refractivity contribution is 8.14. The van der Waals surface area contributed by atoms with E-state index in [0.717, 1.165) is 12.3 Å². The molecular formula is C11H15NOS. The monoisotopic (exact) mass is 209 g/mol. The third kappa shape index (κ3) is 2.77.